The number of amides is 1. The SMILES string of the molecule is CCNC(=O)c1ccc(N)c(Nc2ccc(Cl)cc2Br)c1. The summed E-state index contributed by atoms with van der Waals surface area (Å²) in [6.45, 7) is 2.45. The van der Waals surface area contributed by atoms with E-state index in [4.69, 9.17) is 17.3 Å². The summed E-state index contributed by atoms with van der Waals surface area (Å²) < 4.78 is 0.817. The number of hydrogen-bond acceptors (Lipinski definition) is 3. The molecule has 4 nitrogen and oxygen atoms in total. The Balaban J connectivity index is 2.30. The Bertz CT molecular complexity index is 676. The summed E-state index contributed by atoms with van der Waals surface area (Å²) >= 11 is 9.35. The van der Waals surface area contributed by atoms with Crippen LogP contribution in [0.4, 0.5) is 17.1 Å². The average molecular weight is 369 g/mol. The zero-order valence-electron chi connectivity index (χ0n) is 11.4. The van der Waals surface area contributed by atoms with E-state index in [1.54, 1.807) is 30.3 Å². The second-order valence-corrected chi connectivity index (χ2v) is 5.70. The topological polar surface area (TPSA) is 67.2 Å². The molecule has 0 radical (unpaired) electrons. The van der Waals surface area contributed by atoms with Gasteiger partial charge >= 0.3 is 0 Å². The quantitative estimate of drug-likeness (QED) is 0.709. The van der Waals surface area contributed by atoms with Crippen molar-refractivity contribution in [3.63, 3.8) is 0 Å². The lowest BCUT2D eigenvalue weighted by Gasteiger charge is -2.13. The first kappa shape index (κ1) is 15.7. The molecule has 0 saturated carbocycles. The van der Waals surface area contributed by atoms with Gasteiger partial charge in [-0.05, 0) is 59.3 Å². The number of benzene rings is 2. The fourth-order valence-corrected chi connectivity index (χ4v) is 2.59. The predicted octanol–water partition coefficient (Wildman–Crippen LogP) is 4.18. The smallest absolute Gasteiger partial charge is 0.251 e. The summed E-state index contributed by atoms with van der Waals surface area (Å²) in [5.74, 6) is -0.129. The van der Waals surface area contributed by atoms with Crippen LogP contribution in [0.1, 0.15) is 17.3 Å². The standard InChI is InChI=1S/C15H15BrClN3O/c1-2-19-15(21)9-3-5-12(18)14(7-9)20-13-6-4-10(17)8-11(13)16/h3-8,20H,2,18H2,1H3,(H,19,21). The maximum Gasteiger partial charge on any atom is 0.251 e. The second-order valence-electron chi connectivity index (χ2n) is 4.41. The van der Waals surface area contributed by atoms with Gasteiger partial charge in [0.1, 0.15) is 0 Å². The minimum atomic E-state index is -0.129. The Labute approximate surface area is 136 Å². The summed E-state index contributed by atoms with van der Waals surface area (Å²) in [6.07, 6.45) is 0. The van der Waals surface area contributed by atoms with Gasteiger partial charge in [0.05, 0.1) is 17.1 Å². The number of nitrogens with one attached hydrogen (secondary N) is 2. The van der Waals surface area contributed by atoms with Crippen LogP contribution < -0.4 is 16.4 Å². The molecule has 0 bridgehead atoms. The van der Waals surface area contributed by atoms with Crippen molar-refractivity contribution in [1.82, 2.24) is 5.32 Å². The number of rotatable bonds is 4. The highest BCUT2D eigenvalue weighted by molar-refractivity contribution is 9.10. The third-order valence-corrected chi connectivity index (χ3v) is 3.74. The normalized spacial score (nSPS) is 10.2. The van der Waals surface area contributed by atoms with E-state index in [0.717, 1.165) is 10.2 Å². The summed E-state index contributed by atoms with van der Waals surface area (Å²) in [7, 11) is 0. The molecule has 110 valence electrons. The van der Waals surface area contributed by atoms with Crippen molar-refractivity contribution in [1.29, 1.82) is 0 Å². The number of nitrogen functional groups attached to an aromatic ring is 1. The average Bonchev–Trinajstić information content (AvgIpc) is 2.44. The molecule has 0 heterocycles. The first-order valence-corrected chi connectivity index (χ1v) is 7.58. The molecule has 1 amide bonds. The molecule has 4 N–H and O–H groups in total. The number of carbonyl (C=O) groups is 1. The monoisotopic (exact) mass is 367 g/mol. The number of nitrogens with two attached hydrogens (primary N) is 1. The lowest BCUT2D eigenvalue weighted by Crippen LogP contribution is -2.22. The van der Waals surface area contributed by atoms with E-state index in [9.17, 15) is 4.79 Å². The highest BCUT2D eigenvalue weighted by Crippen LogP contribution is 2.31. The van der Waals surface area contributed by atoms with Crippen LogP contribution in [0, 0.1) is 0 Å². The molecule has 21 heavy (non-hydrogen) atoms. The van der Waals surface area contributed by atoms with Gasteiger partial charge in [0.25, 0.3) is 5.91 Å². The van der Waals surface area contributed by atoms with Crippen molar-refractivity contribution < 1.29 is 4.79 Å². The fourth-order valence-electron chi connectivity index (χ4n) is 1.80. The highest BCUT2D eigenvalue weighted by Gasteiger charge is 2.09. The molecule has 0 aliphatic carbocycles. The van der Waals surface area contributed by atoms with Crippen LogP contribution in [-0.4, -0.2) is 12.5 Å². The highest BCUT2D eigenvalue weighted by atomic mass is 79.9. The number of carbonyl (C=O) groups excluding carboxylic acids is 1. The van der Waals surface area contributed by atoms with E-state index in [1.165, 1.54) is 0 Å². The van der Waals surface area contributed by atoms with Crippen molar-refractivity contribution in [2.75, 3.05) is 17.6 Å². The lowest BCUT2D eigenvalue weighted by molar-refractivity contribution is 0.0956. The maximum atomic E-state index is 11.9. The molecular weight excluding hydrogens is 354 g/mol. The number of halogens is 2. The van der Waals surface area contributed by atoms with E-state index >= 15 is 0 Å². The zero-order chi connectivity index (χ0) is 15.4. The van der Waals surface area contributed by atoms with Gasteiger partial charge in [-0.15, -0.1) is 0 Å². The first-order valence-electron chi connectivity index (χ1n) is 6.41. The van der Waals surface area contributed by atoms with Gasteiger partial charge in [-0.3, -0.25) is 4.79 Å². The summed E-state index contributed by atoms with van der Waals surface area (Å²) in [5.41, 5.74) is 8.56. The Morgan fingerprint density at radius 2 is 2.00 bits per heavy atom. The predicted molar refractivity (Wildman–Crippen MR) is 91.3 cm³/mol. The first-order chi connectivity index (χ1) is 10.0. The molecule has 2 aromatic carbocycles. The third-order valence-electron chi connectivity index (χ3n) is 2.85. The fraction of sp³-hybridized carbons (Fsp3) is 0.133. The molecule has 6 heteroatoms. The van der Waals surface area contributed by atoms with Crippen LogP contribution in [0.25, 0.3) is 0 Å². The maximum absolute atomic E-state index is 11.9. The van der Waals surface area contributed by atoms with Gasteiger partial charge in [-0.2, -0.15) is 0 Å². The molecule has 2 aromatic rings. The molecule has 2 rings (SSSR count). The minimum absolute atomic E-state index is 0.129. The van der Waals surface area contributed by atoms with E-state index in [0.29, 0.717) is 28.5 Å². The van der Waals surface area contributed by atoms with Gasteiger partial charge in [-0.25, -0.2) is 0 Å². The van der Waals surface area contributed by atoms with Gasteiger partial charge in [-0.1, -0.05) is 11.6 Å². The van der Waals surface area contributed by atoms with Crippen LogP contribution >= 0.6 is 27.5 Å². The molecule has 0 aliphatic rings. The summed E-state index contributed by atoms with van der Waals surface area (Å²) in [6, 6.07) is 10.5. The summed E-state index contributed by atoms with van der Waals surface area (Å²) in [4.78, 5) is 11.9. The van der Waals surface area contributed by atoms with Gasteiger partial charge in [0.15, 0.2) is 0 Å². The third kappa shape index (κ3) is 3.89. The van der Waals surface area contributed by atoms with E-state index in [1.807, 2.05) is 13.0 Å². The van der Waals surface area contributed by atoms with Crippen molar-refractivity contribution in [3.05, 3.63) is 51.5 Å². The second kappa shape index (κ2) is 6.83. The van der Waals surface area contributed by atoms with Crippen LogP contribution in [0.5, 0.6) is 0 Å². The van der Waals surface area contributed by atoms with Gasteiger partial charge in [0, 0.05) is 21.6 Å². The molecule has 0 aromatic heterocycles. The Morgan fingerprint density at radius 3 is 2.67 bits per heavy atom. The van der Waals surface area contributed by atoms with E-state index in [-0.39, 0.29) is 5.91 Å². The van der Waals surface area contributed by atoms with Crippen LogP contribution in [0.3, 0.4) is 0 Å². The number of anilines is 3. The molecule has 0 fully saturated rings. The Hall–Kier alpha value is -1.72. The Morgan fingerprint density at radius 1 is 1.24 bits per heavy atom. The largest absolute Gasteiger partial charge is 0.397 e. The molecule has 0 atom stereocenters. The van der Waals surface area contributed by atoms with Crippen LogP contribution in [-0.2, 0) is 0 Å². The molecule has 0 unspecified atom stereocenters. The van der Waals surface area contributed by atoms with Gasteiger partial charge < -0.3 is 16.4 Å². The zero-order valence-corrected chi connectivity index (χ0v) is 13.8. The summed E-state index contributed by atoms with van der Waals surface area (Å²) in [5, 5.41) is 6.59. The minimum Gasteiger partial charge on any atom is -0.397 e. The number of hydrogen-bond donors (Lipinski definition) is 3. The van der Waals surface area contributed by atoms with Gasteiger partial charge in [0.2, 0.25) is 0 Å². The van der Waals surface area contributed by atoms with Crippen LogP contribution in [0.2, 0.25) is 5.02 Å². The van der Waals surface area contributed by atoms with E-state index in [2.05, 4.69) is 26.6 Å². The lowest BCUT2D eigenvalue weighted by atomic mass is 10.1. The van der Waals surface area contributed by atoms with Crippen LogP contribution in [0.15, 0.2) is 40.9 Å². The van der Waals surface area contributed by atoms with Crippen molar-refractivity contribution in [2.45, 2.75) is 6.92 Å². The van der Waals surface area contributed by atoms with Crippen molar-refractivity contribution in [2.24, 2.45) is 0 Å². The van der Waals surface area contributed by atoms with Crippen molar-refractivity contribution >= 4 is 50.5 Å². The van der Waals surface area contributed by atoms with E-state index < -0.39 is 0 Å². The van der Waals surface area contributed by atoms with Crippen molar-refractivity contribution in [3.8, 4) is 0 Å². The molecule has 0 saturated heterocycles. The molecule has 0 spiro atoms. The molecular formula is C15H15BrClN3O. The molecule has 0 aliphatic heterocycles. The Kier molecular flexibility index (Phi) is 5.09.